The van der Waals surface area contributed by atoms with Crippen LogP contribution < -0.4 is 5.32 Å². The molecule has 0 aromatic heterocycles. The van der Waals surface area contributed by atoms with E-state index in [0.29, 0.717) is 5.92 Å². The van der Waals surface area contributed by atoms with Gasteiger partial charge < -0.3 is 15.3 Å². The smallest absolute Gasteiger partial charge is 0.0587 e. The Bertz CT molecular complexity index is 137. The SMILES string of the molecule is CNC(CO)C1CCCCN(C)C1. The van der Waals surface area contributed by atoms with Crippen molar-refractivity contribution >= 4 is 0 Å². The van der Waals surface area contributed by atoms with Crippen LogP contribution >= 0.6 is 0 Å². The van der Waals surface area contributed by atoms with Gasteiger partial charge in [-0.1, -0.05) is 6.42 Å². The quantitative estimate of drug-likeness (QED) is 0.665. The first-order chi connectivity index (χ1) is 6.27. The molecule has 3 heteroatoms. The molecule has 2 N–H and O–H groups in total. The van der Waals surface area contributed by atoms with Gasteiger partial charge in [-0.3, -0.25) is 0 Å². The van der Waals surface area contributed by atoms with Gasteiger partial charge in [-0.05, 0) is 39.4 Å². The molecular formula is C10H22N2O. The summed E-state index contributed by atoms with van der Waals surface area (Å²) in [5.41, 5.74) is 0. The molecule has 13 heavy (non-hydrogen) atoms. The lowest BCUT2D eigenvalue weighted by Gasteiger charge is -2.26. The number of aliphatic hydroxyl groups excluding tert-OH is 1. The zero-order valence-corrected chi connectivity index (χ0v) is 8.79. The first-order valence-electron chi connectivity index (χ1n) is 5.24. The lowest BCUT2D eigenvalue weighted by Crippen LogP contribution is -2.41. The van der Waals surface area contributed by atoms with Crippen LogP contribution in [-0.4, -0.2) is 49.8 Å². The summed E-state index contributed by atoms with van der Waals surface area (Å²) in [6.07, 6.45) is 3.85. The molecule has 1 fully saturated rings. The van der Waals surface area contributed by atoms with E-state index in [1.54, 1.807) is 0 Å². The minimum Gasteiger partial charge on any atom is -0.395 e. The van der Waals surface area contributed by atoms with Crippen LogP contribution in [0.2, 0.25) is 0 Å². The molecular weight excluding hydrogens is 164 g/mol. The highest BCUT2D eigenvalue weighted by atomic mass is 16.3. The van der Waals surface area contributed by atoms with E-state index in [4.69, 9.17) is 0 Å². The van der Waals surface area contributed by atoms with Gasteiger partial charge in [0.2, 0.25) is 0 Å². The Morgan fingerprint density at radius 3 is 2.92 bits per heavy atom. The Kier molecular flexibility index (Phi) is 4.70. The number of likely N-dealkylation sites (tertiary alicyclic amines) is 1. The van der Waals surface area contributed by atoms with Crippen molar-refractivity contribution in [2.75, 3.05) is 33.8 Å². The molecule has 2 atom stereocenters. The Labute approximate surface area is 81.1 Å². The lowest BCUT2D eigenvalue weighted by molar-refractivity contribution is 0.177. The molecule has 2 unspecified atom stereocenters. The van der Waals surface area contributed by atoms with Crippen LogP contribution in [-0.2, 0) is 0 Å². The summed E-state index contributed by atoms with van der Waals surface area (Å²) in [5.74, 6) is 0.613. The van der Waals surface area contributed by atoms with Crippen molar-refractivity contribution in [2.45, 2.75) is 25.3 Å². The van der Waals surface area contributed by atoms with Gasteiger partial charge in [0.05, 0.1) is 6.61 Å². The molecule has 0 radical (unpaired) electrons. The van der Waals surface area contributed by atoms with Crippen LogP contribution in [0.3, 0.4) is 0 Å². The molecule has 1 heterocycles. The molecule has 0 bridgehead atoms. The second-order valence-corrected chi connectivity index (χ2v) is 4.10. The molecule has 1 saturated heterocycles. The van der Waals surface area contributed by atoms with Crippen LogP contribution in [0.25, 0.3) is 0 Å². The molecule has 78 valence electrons. The molecule has 0 aromatic carbocycles. The van der Waals surface area contributed by atoms with Gasteiger partial charge in [0.15, 0.2) is 0 Å². The lowest BCUT2D eigenvalue weighted by atomic mass is 9.95. The Morgan fingerprint density at radius 1 is 1.54 bits per heavy atom. The molecule has 0 spiro atoms. The first-order valence-corrected chi connectivity index (χ1v) is 5.24. The Morgan fingerprint density at radius 2 is 2.31 bits per heavy atom. The molecule has 1 aliphatic rings. The summed E-state index contributed by atoms with van der Waals surface area (Å²) in [6.45, 7) is 2.58. The van der Waals surface area contributed by atoms with Crippen LogP contribution in [0, 0.1) is 5.92 Å². The van der Waals surface area contributed by atoms with Crippen LogP contribution in [0.1, 0.15) is 19.3 Å². The molecule has 0 saturated carbocycles. The van der Waals surface area contributed by atoms with Crippen LogP contribution in [0.4, 0.5) is 0 Å². The minimum atomic E-state index is 0.259. The third-order valence-corrected chi connectivity index (χ3v) is 3.05. The van der Waals surface area contributed by atoms with Crippen molar-refractivity contribution in [3.63, 3.8) is 0 Å². The van der Waals surface area contributed by atoms with Crippen molar-refractivity contribution in [2.24, 2.45) is 5.92 Å². The van der Waals surface area contributed by atoms with Crippen molar-refractivity contribution < 1.29 is 5.11 Å². The van der Waals surface area contributed by atoms with E-state index in [1.165, 1.54) is 25.8 Å². The van der Waals surface area contributed by atoms with Gasteiger partial charge in [-0.25, -0.2) is 0 Å². The highest BCUT2D eigenvalue weighted by Crippen LogP contribution is 2.18. The van der Waals surface area contributed by atoms with Gasteiger partial charge in [0, 0.05) is 12.6 Å². The average Bonchev–Trinajstić information content (AvgIpc) is 2.32. The predicted octanol–water partition coefficient (Wildman–Crippen LogP) is 0.299. The fraction of sp³-hybridized carbons (Fsp3) is 1.00. The summed E-state index contributed by atoms with van der Waals surface area (Å²) >= 11 is 0. The van der Waals surface area contributed by atoms with Crippen molar-refractivity contribution in [3.8, 4) is 0 Å². The average molecular weight is 186 g/mol. The van der Waals surface area contributed by atoms with Gasteiger partial charge in [0.1, 0.15) is 0 Å². The maximum atomic E-state index is 9.18. The first kappa shape index (κ1) is 11.0. The molecule has 1 rings (SSSR count). The van der Waals surface area contributed by atoms with Gasteiger partial charge >= 0.3 is 0 Å². The number of aliphatic hydroxyl groups is 1. The molecule has 1 aliphatic heterocycles. The number of hydrogen-bond acceptors (Lipinski definition) is 3. The zero-order valence-electron chi connectivity index (χ0n) is 8.79. The van der Waals surface area contributed by atoms with E-state index in [-0.39, 0.29) is 12.6 Å². The Balaban J connectivity index is 2.45. The summed E-state index contributed by atoms with van der Waals surface area (Å²) in [6, 6.07) is 0.278. The summed E-state index contributed by atoms with van der Waals surface area (Å²) < 4.78 is 0. The minimum absolute atomic E-state index is 0.259. The highest BCUT2D eigenvalue weighted by molar-refractivity contribution is 4.79. The molecule has 0 amide bonds. The zero-order chi connectivity index (χ0) is 9.68. The van der Waals surface area contributed by atoms with Gasteiger partial charge in [-0.2, -0.15) is 0 Å². The predicted molar refractivity (Wildman–Crippen MR) is 54.8 cm³/mol. The number of likely N-dealkylation sites (N-methyl/N-ethyl adjacent to an activating group) is 1. The fourth-order valence-corrected chi connectivity index (χ4v) is 2.18. The number of nitrogens with zero attached hydrogens (tertiary/aromatic N) is 1. The van der Waals surface area contributed by atoms with Crippen molar-refractivity contribution in [3.05, 3.63) is 0 Å². The monoisotopic (exact) mass is 186 g/mol. The third kappa shape index (κ3) is 3.25. The van der Waals surface area contributed by atoms with E-state index < -0.39 is 0 Å². The fourth-order valence-electron chi connectivity index (χ4n) is 2.18. The van der Waals surface area contributed by atoms with Crippen LogP contribution in [0.5, 0.6) is 0 Å². The second-order valence-electron chi connectivity index (χ2n) is 4.10. The molecule has 0 aromatic rings. The topological polar surface area (TPSA) is 35.5 Å². The van der Waals surface area contributed by atoms with E-state index in [0.717, 1.165) is 6.54 Å². The van der Waals surface area contributed by atoms with Crippen molar-refractivity contribution in [1.82, 2.24) is 10.2 Å². The largest absolute Gasteiger partial charge is 0.395 e. The standard InChI is InChI=1S/C10H22N2O/c1-11-10(8-13)9-5-3-4-6-12(2)7-9/h9-11,13H,3-8H2,1-2H3. The normalized spacial score (nSPS) is 28.4. The molecule has 0 aliphatic carbocycles. The number of rotatable bonds is 3. The van der Waals surface area contributed by atoms with Gasteiger partial charge in [-0.15, -0.1) is 0 Å². The van der Waals surface area contributed by atoms with E-state index >= 15 is 0 Å². The van der Waals surface area contributed by atoms with E-state index in [2.05, 4.69) is 17.3 Å². The summed E-state index contributed by atoms with van der Waals surface area (Å²) in [7, 11) is 4.11. The maximum absolute atomic E-state index is 9.18. The molecule has 3 nitrogen and oxygen atoms in total. The van der Waals surface area contributed by atoms with Crippen molar-refractivity contribution in [1.29, 1.82) is 0 Å². The summed E-state index contributed by atoms with van der Waals surface area (Å²) in [4.78, 5) is 2.37. The number of hydrogen-bond donors (Lipinski definition) is 2. The number of nitrogens with one attached hydrogen (secondary N) is 1. The summed E-state index contributed by atoms with van der Waals surface area (Å²) in [5, 5.41) is 12.4. The van der Waals surface area contributed by atoms with Gasteiger partial charge in [0.25, 0.3) is 0 Å². The maximum Gasteiger partial charge on any atom is 0.0587 e. The van der Waals surface area contributed by atoms with E-state index in [1.807, 2.05) is 7.05 Å². The Hall–Kier alpha value is -0.120. The highest BCUT2D eigenvalue weighted by Gasteiger charge is 2.22. The van der Waals surface area contributed by atoms with Crippen LogP contribution in [0.15, 0.2) is 0 Å². The van der Waals surface area contributed by atoms with E-state index in [9.17, 15) is 5.11 Å². The third-order valence-electron chi connectivity index (χ3n) is 3.05. The second kappa shape index (κ2) is 5.58.